The van der Waals surface area contributed by atoms with Gasteiger partial charge >= 0.3 is 0 Å². The fourth-order valence-electron chi connectivity index (χ4n) is 2.29. The quantitative estimate of drug-likeness (QED) is 0.818. The Morgan fingerprint density at radius 3 is 2.41 bits per heavy atom. The monoisotopic (exact) mass is 259 g/mol. The molecule has 1 N–H and O–H groups in total. The summed E-state index contributed by atoms with van der Waals surface area (Å²) in [4.78, 5) is 0. The van der Waals surface area contributed by atoms with Gasteiger partial charge in [-0.25, -0.2) is 8.78 Å². The van der Waals surface area contributed by atoms with Gasteiger partial charge in [0, 0.05) is 12.1 Å². The third kappa shape index (κ3) is 3.09. The molecule has 0 aliphatic heterocycles. The molecule has 17 heavy (non-hydrogen) atoms. The highest BCUT2D eigenvalue weighted by Crippen LogP contribution is 2.31. The third-order valence-electron chi connectivity index (χ3n) is 3.37. The third-order valence-corrected chi connectivity index (χ3v) is 3.67. The maximum absolute atomic E-state index is 13.6. The van der Waals surface area contributed by atoms with Crippen molar-refractivity contribution in [2.45, 2.75) is 38.6 Å². The van der Waals surface area contributed by atoms with E-state index in [2.05, 4.69) is 12.2 Å². The summed E-state index contributed by atoms with van der Waals surface area (Å²) in [7, 11) is 0. The van der Waals surface area contributed by atoms with Crippen molar-refractivity contribution in [1.82, 2.24) is 0 Å². The van der Waals surface area contributed by atoms with E-state index in [0.29, 0.717) is 0 Å². The van der Waals surface area contributed by atoms with Gasteiger partial charge in [0.2, 0.25) is 0 Å². The van der Waals surface area contributed by atoms with E-state index in [1.54, 1.807) is 0 Å². The number of hydrogen-bond donors (Lipinski definition) is 1. The molecule has 0 atom stereocenters. The number of benzene rings is 1. The summed E-state index contributed by atoms with van der Waals surface area (Å²) in [6.45, 7) is 2.22. The number of rotatable bonds is 2. The van der Waals surface area contributed by atoms with E-state index in [1.165, 1.54) is 0 Å². The van der Waals surface area contributed by atoms with Crippen molar-refractivity contribution in [1.29, 1.82) is 0 Å². The molecule has 1 saturated carbocycles. The van der Waals surface area contributed by atoms with Gasteiger partial charge in [-0.3, -0.25) is 0 Å². The molecule has 4 heteroatoms. The molecule has 1 aliphatic carbocycles. The Bertz CT molecular complexity index is 377. The number of anilines is 1. The van der Waals surface area contributed by atoms with Crippen LogP contribution >= 0.6 is 11.6 Å². The minimum atomic E-state index is -0.643. The van der Waals surface area contributed by atoms with Gasteiger partial charge in [-0.1, -0.05) is 18.5 Å². The number of hydrogen-bond acceptors (Lipinski definition) is 1. The van der Waals surface area contributed by atoms with Crippen LogP contribution in [0.5, 0.6) is 0 Å². The van der Waals surface area contributed by atoms with E-state index in [0.717, 1.165) is 43.7 Å². The van der Waals surface area contributed by atoms with Crippen molar-refractivity contribution < 1.29 is 8.78 Å². The normalized spacial score (nSPS) is 24.7. The second kappa shape index (κ2) is 5.21. The number of halogens is 3. The highest BCUT2D eigenvalue weighted by molar-refractivity contribution is 6.33. The maximum atomic E-state index is 13.6. The molecule has 2 rings (SSSR count). The van der Waals surface area contributed by atoms with E-state index in [-0.39, 0.29) is 16.8 Å². The molecule has 94 valence electrons. The van der Waals surface area contributed by atoms with Crippen LogP contribution in [0.3, 0.4) is 0 Å². The predicted octanol–water partition coefficient (Wildman–Crippen LogP) is 4.61. The molecule has 0 unspecified atom stereocenters. The van der Waals surface area contributed by atoms with Crippen LogP contribution in [-0.4, -0.2) is 6.04 Å². The van der Waals surface area contributed by atoms with Gasteiger partial charge in [-0.05, 0) is 37.7 Å². The van der Waals surface area contributed by atoms with Crippen molar-refractivity contribution in [3.8, 4) is 0 Å². The van der Waals surface area contributed by atoms with E-state index < -0.39 is 11.6 Å². The molecule has 0 aromatic heterocycles. The zero-order chi connectivity index (χ0) is 12.4. The Hall–Kier alpha value is -0.830. The van der Waals surface area contributed by atoms with E-state index >= 15 is 0 Å². The minimum Gasteiger partial charge on any atom is -0.379 e. The summed E-state index contributed by atoms with van der Waals surface area (Å²) in [5, 5.41) is 3.20. The standard InChI is InChI=1S/C13H16ClF2N/c1-8-2-4-10(5-3-8)17-13-11(14)6-9(15)7-12(13)16/h6-8,10,17H,2-5H2,1H3. The summed E-state index contributed by atoms with van der Waals surface area (Å²) >= 11 is 5.84. The first-order chi connectivity index (χ1) is 8.06. The lowest BCUT2D eigenvalue weighted by Crippen LogP contribution is -2.25. The average Bonchev–Trinajstić information content (AvgIpc) is 2.26. The van der Waals surface area contributed by atoms with Crippen LogP contribution in [0.1, 0.15) is 32.6 Å². The summed E-state index contributed by atoms with van der Waals surface area (Å²) in [5.74, 6) is -0.523. The molecule has 1 aromatic carbocycles. The van der Waals surface area contributed by atoms with Gasteiger partial charge in [0.1, 0.15) is 5.82 Å². The zero-order valence-corrected chi connectivity index (χ0v) is 10.5. The van der Waals surface area contributed by atoms with Crippen molar-refractivity contribution in [2.75, 3.05) is 5.32 Å². The Labute approximate surface area is 105 Å². The van der Waals surface area contributed by atoms with Crippen LogP contribution in [-0.2, 0) is 0 Å². The molecule has 0 saturated heterocycles. The van der Waals surface area contributed by atoms with Crippen molar-refractivity contribution >= 4 is 17.3 Å². The molecule has 1 aliphatic rings. The molecule has 1 fully saturated rings. The van der Waals surface area contributed by atoms with Crippen LogP contribution < -0.4 is 5.32 Å². The molecule has 0 radical (unpaired) electrons. The molecule has 1 nitrogen and oxygen atoms in total. The van der Waals surface area contributed by atoms with Gasteiger partial charge in [-0.2, -0.15) is 0 Å². The topological polar surface area (TPSA) is 12.0 Å². The summed E-state index contributed by atoms with van der Waals surface area (Å²) in [6, 6.07) is 2.24. The molecule has 0 bridgehead atoms. The van der Waals surface area contributed by atoms with Crippen molar-refractivity contribution in [3.05, 3.63) is 28.8 Å². The van der Waals surface area contributed by atoms with Gasteiger partial charge in [0.25, 0.3) is 0 Å². The Kier molecular flexibility index (Phi) is 3.87. The van der Waals surface area contributed by atoms with E-state index in [1.807, 2.05) is 0 Å². The maximum Gasteiger partial charge on any atom is 0.150 e. The highest BCUT2D eigenvalue weighted by Gasteiger charge is 2.20. The van der Waals surface area contributed by atoms with Crippen molar-refractivity contribution in [2.24, 2.45) is 5.92 Å². The van der Waals surface area contributed by atoms with E-state index in [4.69, 9.17) is 11.6 Å². The summed E-state index contributed by atoms with van der Waals surface area (Å²) in [6.07, 6.45) is 4.29. The first kappa shape index (κ1) is 12.6. The zero-order valence-electron chi connectivity index (χ0n) is 9.77. The smallest absolute Gasteiger partial charge is 0.150 e. The van der Waals surface area contributed by atoms with Crippen LogP contribution in [0.15, 0.2) is 12.1 Å². The second-order valence-corrected chi connectivity index (χ2v) is 5.25. The van der Waals surface area contributed by atoms with Gasteiger partial charge in [0.15, 0.2) is 5.82 Å². The van der Waals surface area contributed by atoms with Crippen LogP contribution in [0.4, 0.5) is 14.5 Å². The summed E-state index contributed by atoms with van der Waals surface area (Å²) < 4.78 is 26.4. The van der Waals surface area contributed by atoms with Crippen LogP contribution in [0.25, 0.3) is 0 Å². The fourth-order valence-corrected chi connectivity index (χ4v) is 2.54. The lowest BCUT2D eigenvalue weighted by atomic mass is 9.87. The average molecular weight is 260 g/mol. The van der Waals surface area contributed by atoms with Crippen LogP contribution in [0.2, 0.25) is 5.02 Å². The van der Waals surface area contributed by atoms with Gasteiger partial charge in [-0.15, -0.1) is 0 Å². The molecular weight excluding hydrogens is 244 g/mol. The molecule has 0 spiro atoms. The first-order valence-corrected chi connectivity index (χ1v) is 6.35. The van der Waals surface area contributed by atoms with Crippen LogP contribution in [0, 0.1) is 17.6 Å². The Morgan fingerprint density at radius 2 is 1.82 bits per heavy atom. The van der Waals surface area contributed by atoms with Gasteiger partial charge in [0.05, 0.1) is 10.7 Å². The van der Waals surface area contributed by atoms with Crippen molar-refractivity contribution in [3.63, 3.8) is 0 Å². The Balaban J connectivity index is 2.08. The molecule has 0 amide bonds. The highest BCUT2D eigenvalue weighted by atomic mass is 35.5. The largest absolute Gasteiger partial charge is 0.379 e. The fraction of sp³-hybridized carbons (Fsp3) is 0.538. The first-order valence-electron chi connectivity index (χ1n) is 5.97. The SMILES string of the molecule is CC1CCC(Nc2c(F)cc(F)cc2Cl)CC1. The minimum absolute atomic E-state index is 0.112. The Morgan fingerprint density at radius 1 is 1.18 bits per heavy atom. The van der Waals surface area contributed by atoms with E-state index in [9.17, 15) is 8.78 Å². The summed E-state index contributed by atoms with van der Waals surface area (Å²) in [5.41, 5.74) is 0.229. The molecular formula is C13H16ClF2N. The molecule has 1 aromatic rings. The predicted molar refractivity (Wildman–Crippen MR) is 66.4 cm³/mol. The molecule has 0 heterocycles. The lowest BCUT2D eigenvalue weighted by Gasteiger charge is -2.28. The number of nitrogens with one attached hydrogen (secondary N) is 1. The van der Waals surface area contributed by atoms with Gasteiger partial charge < -0.3 is 5.32 Å². The lowest BCUT2D eigenvalue weighted by molar-refractivity contribution is 0.360. The second-order valence-electron chi connectivity index (χ2n) is 4.85.